The number of para-hydroxylation sites is 1. The molecule has 0 saturated carbocycles. The Bertz CT molecular complexity index is 2370. The average Bonchev–Trinajstić information content (AvgIpc) is 3.27. The summed E-state index contributed by atoms with van der Waals surface area (Å²) in [5.74, 6) is -0.781. The van der Waals surface area contributed by atoms with Crippen molar-refractivity contribution in [1.82, 2.24) is 25.1 Å². The minimum absolute atomic E-state index is 0.0359. The third-order valence-corrected chi connectivity index (χ3v) is 11.9. The van der Waals surface area contributed by atoms with Gasteiger partial charge in [0.25, 0.3) is 5.91 Å². The Hall–Kier alpha value is -6.38. The van der Waals surface area contributed by atoms with Crippen molar-refractivity contribution >= 4 is 69.7 Å². The Labute approximate surface area is 358 Å². The van der Waals surface area contributed by atoms with Crippen molar-refractivity contribution in [2.45, 2.75) is 38.0 Å². The van der Waals surface area contributed by atoms with E-state index in [2.05, 4.69) is 53.2 Å². The maximum absolute atomic E-state index is 14.7. The minimum atomic E-state index is -0.643. The molecule has 314 valence electrons. The van der Waals surface area contributed by atoms with E-state index in [0.717, 1.165) is 68.6 Å². The molecule has 13 nitrogen and oxygen atoms in total. The molecule has 0 radical (unpaired) electrons. The number of hydrogen-bond acceptors (Lipinski definition) is 10. The summed E-state index contributed by atoms with van der Waals surface area (Å²) in [6.07, 6.45) is 4.52. The van der Waals surface area contributed by atoms with Crippen molar-refractivity contribution in [3.63, 3.8) is 0 Å². The molecular weight excluding hydrogens is 797 g/mol. The van der Waals surface area contributed by atoms with Crippen LogP contribution in [0.5, 0.6) is 0 Å². The molecule has 3 aliphatic rings. The Morgan fingerprint density at radius 1 is 0.803 bits per heavy atom. The summed E-state index contributed by atoms with van der Waals surface area (Å²) in [7, 11) is 0. The lowest BCUT2D eigenvalue weighted by Gasteiger charge is -2.39. The molecule has 15 heteroatoms. The fraction of sp³-hybridized carbons (Fsp3) is 0.304. The zero-order valence-electron chi connectivity index (χ0n) is 33.6. The Balaban J connectivity index is 0.754. The number of nitrogens with zero attached hydrogens (tertiary/aromatic N) is 5. The molecule has 1 atom stereocenters. The molecule has 0 bridgehead atoms. The number of rotatable bonds is 12. The number of aromatic nitrogens is 2. The maximum atomic E-state index is 14.7. The maximum Gasteiger partial charge on any atom is 0.255 e. The summed E-state index contributed by atoms with van der Waals surface area (Å²) in [6, 6.07) is 29.2. The number of benzene rings is 4. The van der Waals surface area contributed by atoms with Crippen LogP contribution in [0.25, 0.3) is 0 Å². The topological polar surface area (TPSA) is 152 Å². The van der Waals surface area contributed by atoms with Gasteiger partial charge < -0.3 is 25.8 Å². The Morgan fingerprint density at radius 3 is 2.20 bits per heavy atom. The van der Waals surface area contributed by atoms with Gasteiger partial charge in [0.05, 0.1) is 29.2 Å². The van der Waals surface area contributed by atoms with Crippen LogP contribution in [-0.4, -0.2) is 89.2 Å². The van der Waals surface area contributed by atoms with Crippen LogP contribution in [-0.2, 0) is 20.8 Å². The number of nitrogens with one attached hydrogen (secondary N) is 4. The number of halogens is 2. The summed E-state index contributed by atoms with van der Waals surface area (Å²) in [5.41, 5.74) is 5.13. The molecule has 3 aliphatic heterocycles. The van der Waals surface area contributed by atoms with Crippen molar-refractivity contribution in [1.29, 1.82) is 0 Å². The molecule has 3 saturated heterocycles. The van der Waals surface area contributed by atoms with E-state index < -0.39 is 5.82 Å². The molecule has 1 unspecified atom stereocenters. The third kappa shape index (κ3) is 10.5. The lowest BCUT2D eigenvalue weighted by molar-refractivity contribution is -0.134. The van der Waals surface area contributed by atoms with Crippen LogP contribution in [0.4, 0.5) is 38.9 Å². The van der Waals surface area contributed by atoms with Gasteiger partial charge in [-0.3, -0.25) is 29.4 Å². The highest BCUT2D eigenvalue weighted by atomic mass is 35.5. The Morgan fingerprint density at radius 2 is 1.49 bits per heavy atom. The van der Waals surface area contributed by atoms with Crippen molar-refractivity contribution < 1.29 is 23.6 Å². The second-order valence-corrected chi connectivity index (χ2v) is 16.1. The number of hydrogen-bond donors (Lipinski definition) is 4. The monoisotopic (exact) mass is 843 g/mol. The molecule has 61 heavy (non-hydrogen) atoms. The van der Waals surface area contributed by atoms with E-state index >= 15 is 0 Å². The summed E-state index contributed by atoms with van der Waals surface area (Å²) in [4.78, 5) is 65.0. The molecule has 3 fully saturated rings. The number of imide groups is 1. The van der Waals surface area contributed by atoms with E-state index in [1.54, 1.807) is 48.5 Å². The van der Waals surface area contributed by atoms with Gasteiger partial charge in [-0.2, -0.15) is 4.98 Å². The summed E-state index contributed by atoms with van der Waals surface area (Å²) >= 11 is 6.15. The van der Waals surface area contributed by atoms with Crippen molar-refractivity contribution in [3.8, 4) is 0 Å². The molecule has 4 amide bonds. The van der Waals surface area contributed by atoms with Gasteiger partial charge in [-0.25, -0.2) is 9.37 Å². The molecular formula is C46H47ClFN9O4. The first-order chi connectivity index (χ1) is 29.6. The molecule has 0 spiro atoms. The summed E-state index contributed by atoms with van der Waals surface area (Å²) < 4.78 is 14.7. The number of piperidine rings is 2. The van der Waals surface area contributed by atoms with Crippen LogP contribution in [0, 0.1) is 11.7 Å². The smallest absolute Gasteiger partial charge is 0.255 e. The van der Waals surface area contributed by atoms with Gasteiger partial charge in [-0.05, 0) is 97.0 Å². The van der Waals surface area contributed by atoms with Crippen molar-refractivity contribution in [2.75, 3.05) is 66.7 Å². The second-order valence-electron chi connectivity index (χ2n) is 15.7. The molecule has 4 aromatic carbocycles. The van der Waals surface area contributed by atoms with Crippen LogP contribution >= 0.6 is 11.6 Å². The summed E-state index contributed by atoms with van der Waals surface area (Å²) in [5, 5.41) is 11.7. The SMILES string of the molecule is O=C1CCC(c2ccc(N3CCC(CN4CCN(C(=O)Cc5ccc(Nc6ncc(F)c(Nc7ccc(C(=O)Nc8ccccc8Cl)cc7)n6)cc5)CC4)CC3)cc2)C(=O)N1. The zero-order chi connectivity index (χ0) is 42.3. The van der Waals surface area contributed by atoms with Crippen LogP contribution < -0.4 is 26.2 Å². The van der Waals surface area contributed by atoms with Gasteiger partial charge in [-0.15, -0.1) is 0 Å². The van der Waals surface area contributed by atoms with Crippen molar-refractivity contribution in [3.05, 3.63) is 131 Å². The second kappa shape index (κ2) is 18.9. The number of piperazine rings is 1. The predicted octanol–water partition coefficient (Wildman–Crippen LogP) is 7.13. The van der Waals surface area contributed by atoms with Gasteiger partial charge in [-0.1, -0.05) is 48.0 Å². The number of carbonyl (C=O) groups is 4. The van der Waals surface area contributed by atoms with E-state index in [1.165, 1.54) is 0 Å². The normalized spacial score (nSPS) is 17.4. The highest BCUT2D eigenvalue weighted by Gasteiger charge is 2.29. The fourth-order valence-corrected chi connectivity index (χ4v) is 8.27. The van der Waals surface area contributed by atoms with Crippen LogP contribution in [0.2, 0.25) is 5.02 Å². The van der Waals surface area contributed by atoms with Gasteiger partial charge in [0.2, 0.25) is 23.7 Å². The standard InChI is InChI=1S/C46H47ClFN9O4/c47-38-3-1-2-4-40(38)52-44(60)33-7-13-34(14-8-33)50-43-39(48)28-49-46(54-43)51-35-11-5-30(6-12-35)27-42(59)57-25-23-55(24-26-57)29-31-19-21-56(22-20-31)36-15-9-32(10-16-36)37-17-18-41(58)53-45(37)61/h1-16,28,31,37H,17-27,29H2,(H,52,60)(H,53,58,61)(H2,49,50,51,54). The van der Waals surface area contributed by atoms with E-state index in [4.69, 9.17) is 11.6 Å². The number of amides is 4. The Kier molecular flexibility index (Phi) is 12.8. The lowest BCUT2D eigenvalue weighted by atomic mass is 9.90. The van der Waals surface area contributed by atoms with E-state index in [-0.39, 0.29) is 41.3 Å². The lowest BCUT2D eigenvalue weighted by Crippen LogP contribution is -2.50. The first-order valence-electron chi connectivity index (χ1n) is 20.6. The molecule has 4 N–H and O–H groups in total. The van der Waals surface area contributed by atoms with E-state index in [1.807, 2.05) is 41.3 Å². The average molecular weight is 844 g/mol. The highest BCUT2D eigenvalue weighted by molar-refractivity contribution is 6.33. The third-order valence-electron chi connectivity index (χ3n) is 11.6. The first-order valence-corrected chi connectivity index (χ1v) is 21.0. The number of anilines is 6. The first kappa shape index (κ1) is 41.4. The molecule has 5 aromatic rings. The highest BCUT2D eigenvalue weighted by Crippen LogP contribution is 2.30. The van der Waals surface area contributed by atoms with Gasteiger partial charge >= 0.3 is 0 Å². The van der Waals surface area contributed by atoms with Gasteiger partial charge in [0, 0.05) is 74.9 Å². The molecule has 8 rings (SSSR count). The van der Waals surface area contributed by atoms with Gasteiger partial charge in [0.15, 0.2) is 11.6 Å². The minimum Gasteiger partial charge on any atom is -0.372 e. The van der Waals surface area contributed by atoms with Crippen LogP contribution in [0.15, 0.2) is 103 Å². The summed E-state index contributed by atoms with van der Waals surface area (Å²) in [6.45, 7) is 6.13. The van der Waals surface area contributed by atoms with Crippen LogP contribution in [0.1, 0.15) is 53.1 Å². The molecule has 0 aliphatic carbocycles. The quantitative estimate of drug-likeness (QED) is 0.0956. The van der Waals surface area contributed by atoms with Gasteiger partial charge in [0.1, 0.15) is 0 Å². The largest absolute Gasteiger partial charge is 0.372 e. The van der Waals surface area contributed by atoms with E-state index in [9.17, 15) is 23.6 Å². The number of carbonyl (C=O) groups excluding carboxylic acids is 4. The zero-order valence-corrected chi connectivity index (χ0v) is 34.3. The predicted molar refractivity (Wildman–Crippen MR) is 234 cm³/mol. The van der Waals surface area contributed by atoms with Crippen molar-refractivity contribution in [2.24, 2.45) is 5.92 Å². The molecule has 1 aromatic heterocycles. The van der Waals surface area contributed by atoms with Crippen LogP contribution in [0.3, 0.4) is 0 Å². The fourth-order valence-electron chi connectivity index (χ4n) is 8.08. The molecule has 4 heterocycles. The van der Waals surface area contributed by atoms with E-state index in [0.29, 0.717) is 65.9 Å².